The zero-order valence-corrected chi connectivity index (χ0v) is 14.0. The molecule has 1 aliphatic rings. The summed E-state index contributed by atoms with van der Waals surface area (Å²) in [6, 6.07) is 1.01. The summed E-state index contributed by atoms with van der Waals surface area (Å²) >= 11 is 0. The minimum atomic E-state index is 0.379. The van der Waals surface area contributed by atoms with Crippen molar-refractivity contribution in [3.05, 3.63) is 12.2 Å². The number of aromatic nitrogens is 3. The summed E-state index contributed by atoms with van der Waals surface area (Å²) in [5.74, 6) is 1.81. The van der Waals surface area contributed by atoms with Gasteiger partial charge in [0.2, 0.25) is 0 Å². The van der Waals surface area contributed by atoms with Crippen LogP contribution in [0.5, 0.6) is 0 Å². The van der Waals surface area contributed by atoms with Gasteiger partial charge in [-0.05, 0) is 45.7 Å². The van der Waals surface area contributed by atoms with Gasteiger partial charge < -0.3 is 5.32 Å². The van der Waals surface area contributed by atoms with E-state index < -0.39 is 0 Å². The van der Waals surface area contributed by atoms with Gasteiger partial charge in [-0.2, -0.15) is 5.10 Å². The van der Waals surface area contributed by atoms with Gasteiger partial charge in [-0.25, -0.2) is 9.67 Å². The van der Waals surface area contributed by atoms with E-state index in [0.717, 1.165) is 25.5 Å². The van der Waals surface area contributed by atoms with Crippen LogP contribution in [0.3, 0.4) is 0 Å². The van der Waals surface area contributed by atoms with Gasteiger partial charge in [-0.1, -0.05) is 20.3 Å². The van der Waals surface area contributed by atoms with Gasteiger partial charge in [0.05, 0.1) is 6.54 Å². The molecule has 1 fully saturated rings. The SMILES string of the molecule is CC(C)CNCC1CCCCN1Cc1ncnn1C(C)C. The molecule has 120 valence electrons. The highest BCUT2D eigenvalue weighted by molar-refractivity contribution is 4.90. The van der Waals surface area contributed by atoms with Gasteiger partial charge >= 0.3 is 0 Å². The van der Waals surface area contributed by atoms with Crippen LogP contribution in [0.4, 0.5) is 0 Å². The molecule has 0 bridgehead atoms. The van der Waals surface area contributed by atoms with E-state index in [9.17, 15) is 0 Å². The van der Waals surface area contributed by atoms with Gasteiger partial charge in [-0.15, -0.1) is 0 Å². The lowest BCUT2D eigenvalue weighted by molar-refractivity contribution is 0.130. The van der Waals surface area contributed by atoms with Gasteiger partial charge in [-0.3, -0.25) is 4.90 Å². The molecule has 5 nitrogen and oxygen atoms in total. The van der Waals surface area contributed by atoms with E-state index in [1.807, 2.05) is 4.68 Å². The molecule has 21 heavy (non-hydrogen) atoms. The average Bonchev–Trinajstić information content (AvgIpc) is 2.88. The molecular formula is C16H31N5. The quantitative estimate of drug-likeness (QED) is 0.839. The Balaban J connectivity index is 1.93. The summed E-state index contributed by atoms with van der Waals surface area (Å²) in [5.41, 5.74) is 0. The minimum absolute atomic E-state index is 0.379. The number of nitrogens with one attached hydrogen (secondary N) is 1. The van der Waals surface area contributed by atoms with E-state index in [-0.39, 0.29) is 0 Å². The Morgan fingerprint density at radius 3 is 2.81 bits per heavy atom. The van der Waals surface area contributed by atoms with Crippen molar-refractivity contribution in [3.63, 3.8) is 0 Å². The third-order valence-corrected chi connectivity index (χ3v) is 4.16. The van der Waals surface area contributed by atoms with Gasteiger partial charge in [0.15, 0.2) is 0 Å². The summed E-state index contributed by atoms with van der Waals surface area (Å²) < 4.78 is 2.05. The first-order chi connectivity index (χ1) is 10.1. The minimum Gasteiger partial charge on any atom is -0.315 e. The molecule has 0 aliphatic carbocycles. The fourth-order valence-electron chi connectivity index (χ4n) is 3.04. The Bertz CT molecular complexity index is 413. The number of rotatable bonds is 7. The van der Waals surface area contributed by atoms with Crippen molar-refractivity contribution < 1.29 is 0 Å². The number of hydrogen-bond acceptors (Lipinski definition) is 4. The van der Waals surface area contributed by atoms with Crippen LogP contribution in [-0.4, -0.2) is 45.3 Å². The first-order valence-electron chi connectivity index (χ1n) is 8.41. The number of likely N-dealkylation sites (tertiary alicyclic amines) is 1. The van der Waals surface area contributed by atoms with E-state index in [1.54, 1.807) is 6.33 Å². The Morgan fingerprint density at radius 1 is 1.29 bits per heavy atom. The van der Waals surface area contributed by atoms with Crippen molar-refractivity contribution in [1.29, 1.82) is 0 Å². The van der Waals surface area contributed by atoms with Crippen LogP contribution >= 0.6 is 0 Å². The molecular weight excluding hydrogens is 262 g/mol. The van der Waals surface area contributed by atoms with E-state index >= 15 is 0 Å². The molecule has 1 aromatic heterocycles. The Labute approximate surface area is 129 Å². The molecule has 0 amide bonds. The molecule has 1 atom stereocenters. The van der Waals surface area contributed by atoms with Gasteiger partial charge in [0.1, 0.15) is 12.2 Å². The monoisotopic (exact) mass is 293 g/mol. The number of nitrogens with zero attached hydrogens (tertiary/aromatic N) is 4. The fraction of sp³-hybridized carbons (Fsp3) is 0.875. The Kier molecular flexibility index (Phi) is 6.18. The summed E-state index contributed by atoms with van der Waals surface area (Å²) in [4.78, 5) is 7.05. The Hall–Kier alpha value is -0.940. The molecule has 1 N–H and O–H groups in total. The average molecular weight is 293 g/mol. The summed E-state index contributed by atoms with van der Waals surface area (Å²) in [5, 5.41) is 7.97. The van der Waals surface area contributed by atoms with Crippen LogP contribution in [0.1, 0.15) is 58.8 Å². The number of hydrogen-bond donors (Lipinski definition) is 1. The predicted octanol–water partition coefficient (Wildman–Crippen LogP) is 2.46. The zero-order chi connectivity index (χ0) is 15.2. The van der Waals surface area contributed by atoms with Crippen molar-refractivity contribution in [2.75, 3.05) is 19.6 Å². The second kappa shape index (κ2) is 7.90. The number of piperidine rings is 1. The molecule has 1 aliphatic heterocycles. The molecule has 1 unspecified atom stereocenters. The maximum Gasteiger partial charge on any atom is 0.141 e. The predicted molar refractivity (Wildman–Crippen MR) is 86.2 cm³/mol. The third-order valence-electron chi connectivity index (χ3n) is 4.16. The lowest BCUT2D eigenvalue weighted by Gasteiger charge is -2.35. The van der Waals surface area contributed by atoms with E-state index in [2.05, 4.69) is 48.0 Å². The second-order valence-electron chi connectivity index (χ2n) is 6.89. The summed E-state index contributed by atoms with van der Waals surface area (Å²) in [6.07, 6.45) is 5.63. The maximum absolute atomic E-state index is 4.46. The topological polar surface area (TPSA) is 46.0 Å². The van der Waals surface area contributed by atoms with E-state index in [4.69, 9.17) is 0 Å². The van der Waals surface area contributed by atoms with Crippen LogP contribution in [0.15, 0.2) is 6.33 Å². The van der Waals surface area contributed by atoms with Crippen LogP contribution in [0, 0.1) is 5.92 Å². The first kappa shape index (κ1) is 16.4. The molecule has 1 saturated heterocycles. The molecule has 2 rings (SSSR count). The lowest BCUT2D eigenvalue weighted by Crippen LogP contribution is -2.46. The highest BCUT2D eigenvalue weighted by Crippen LogP contribution is 2.19. The highest BCUT2D eigenvalue weighted by Gasteiger charge is 2.24. The van der Waals surface area contributed by atoms with Gasteiger partial charge in [0.25, 0.3) is 0 Å². The van der Waals surface area contributed by atoms with Crippen molar-refractivity contribution in [2.24, 2.45) is 5.92 Å². The zero-order valence-electron chi connectivity index (χ0n) is 14.0. The van der Waals surface area contributed by atoms with Crippen LogP contribution in [0.25, 0.3) is 0 Å². The molecule has 2 heterocycles. The smallest absolute Gasteiger partial charge is 0.141 e. The third kappa shape index (κ3) is 4.78. The fourth-order valence-corrected chi connectivity index (χ4v) is 3.04. The first-order valence-corrected chi connectivity index (χ1v) is 8.41. The maximum atomic E-state index is 4.46. The largest absolute Gasteiger partial charge is 0.315 e. The van der Waals surface area contributed by atoms with E-state index in [1.165, 1.54) is 25.8 Å². The van der Waals surface area contributed by atoms with Crippen molar-refractivity contribution in [2.45, 2.75) is 65.6 Å². The Morgan fingerprint density at radius 2 is 2.10 bits per heavy atom. The summed E-state index contributed by atoms with van der Waals surface area (Å²) in [6.45, 7) is 13.1. The molecule has 1 aromatic rings. The highest BCUT2D eigenvalue weighted by atomic mass is 15.4. The molecule has 0 saturated carbocycles. The van der Waals surface area contributed by atoms with Crippen molar-refractivity contribution >= 4 is 0 Å². The van der Waals surface area contributed by atoms with Crippen LogP contribution < -0.4 is 5.32 Å². The lowest BCUT2D eigenvalue weighted by atomic mass is 10.0. The molecule has 0 aromatic carbocycles. The van der Waals surface area contributed by atoms with E-state index in [0.29, 0.717) is 18.0 Å². The van der Waals surface area contributed by atoms with Crippen LogP contribution in [0.2, 0.25) is 0 Å². The van der Waals surface area contributed by atoms with Crippen LogP contribution in [-0.2, 0) is 6.54 Å². The summed E-state index contributed by atoms with van der Waals surface area (Å²) in [7, 11) is 0. The van der Waals surface area contributed by atoms with Crippen molar-refractivity contribution in [1.82, 2.24) is 25.0 Å². The standard InChI is InChI=1S/C16H31N5/c1-13(2)9-17-10-15-7-5-6-8-20(15)11-16-18-12-19-21(16)14(3)4/h12-15,17H,5-11H2,1-4H3. The normalized spacial score (nSPS) is 20.6. The molecule has 0 radical (unpaired) electrons. The molecule has 0 spiro atoms. The molecule has 5 heteroatoms. The second-order valence-corrected chi connectivity index (χ2v) is 6.89. The van der Waals surface area contributed by atoms with Crippen molar-refractivity contribution in [3.8, 4) is 0 Å². The van der Waals surface area contributed by atoms with Gasteiger partial charge in [0, 0.05) is 18.6 Å².